The summed E-state index contributed by atoms with van der Waals surface area (Å²) in [5, 5.41) is 0. The van der Waals surface area contributed by atoms with Gasteiger partial charge in [-0.2, -0.15) is 0 Å². The topological polar surface area (TPSA) is 20.3 Å². The third-order valence-corrected chi connectivity index (χ3v) is 5.57. The van der Waals surface area contributed by atoms with Crippen LogP contribution in [0, 0.1) is 6.92 Å². The number of fused-ring (bicyclic) bond motifs is 1. The Balaban J connectivity index is 1.53. The molecule has 0 spiro atoms. The highest BCUT2D eigenvalue weighted by Crippen LogP contribution is 2.35. The molecule has 3 heteroatoms. The van der Waals surface area contributed by atoms with E-state index in [1.807, 2.05) is 11.9 Å². The summed E-state index contributed by atoms with van der Waals surface area (Å²) in [5.74, 6) is 1.66. The number of thioether (sulfide) groups is 1. The lowest BCUT2D eigenvalue weighted by Gasteiger charge is -2.25. The summed E-state index contributed by atoms with van der Waals surface area (Å²) in [5.41, 5.74) is 5.27. The van der Waals surface area contributed by atoms with Gasteiger partial charge in [0.25, 0.3) is 0 Å². The van der Waals surface area contributed by atoms with Crippen molar-refractivity contribution in [2.45, 2.75) is 31.6 Å². The molecule has 2 aromatic carbocycles. The maximum atomic E-state index is 12.5. The van der Waals surface area contributed by atoms with Gasteiger partial charge in [0, 0.05) is 12.8 Å². The van der Waals surface area contributed by atoms with Gasteiger partial charge in [-0.3, -0.25) is 4.79 Å². The second kappa shape index (κ2) is 7.22. The lowest BCUT2D eigenvalue weighted by molar-refractivity contribution is -0.129. The molecular weight excluding hydrogens is 302 g/mol. The van der Waals surface area contributed by atoms with E-state index in [2.05, 4.69) is 55.5 Å². The fourth-order valence-electron chi connectivity index (χ4n) is 3.15. The van der Waals surface area contributed by atoms with Gasteiger partial charge in [-0.05, 0) is 36.5 Å². The zero-order chi connectivity index (χ0) is 16.2. The average molecular weight is 325 g/mol. The van der Waals surface area contributed by atoms with Crippen LogP contribution in [0.2, 0.25) is 0 Å². The van der Waals surface area contributed by atoms with Gasteiger partial charge in [-0.15, -0.1) is 11.8 Å². The molecule has 2 aromatic rings. The molecule has 0 aromatic heterocycles. The fourth-order valence-corrected chi connectivity index (χ4v) is 4.06. The SMILES string of the molecule is Cc1ccc(CSCC(=O)N(C)C2CCc3ccccc32)cc1. The first kappa shape index (κ1) is 16.1. The van der Waals surface area contributed by atoms with Crippen molar-refractivity contribution in [1.82, 2.24) is 4.90 Å². The molecule has 2 nitrogen and oxygen atoms in total. The molecule has 0 aliphatic heterocycles. The lowest BCUT2D eigenvalue weighted by Crippen LogP contribution is -2.31. The minimum atomic E-state index is 0.226. The Morgan fingerprint density at radius 2 is 1.91 bits per heavy atom. The molecule has 1 aliphatic carbocycles. The number of rotatable bonds is 5. The molecule has 1 atom stereocenters. The zero-order valence-electron chi connectivity index (χ0n) is 13.8. The molecule has 0 N–H and O–H groups in total. The summed E-state index contributed by atoms with van der Waals surface area (Å²) in [6.45, 7) is 2.09. The number of hydrogen-bond acceptors (Lipinski definition) is 2. The van der Waals surface area contributed by atoms with E-state index in [1.54, 1.807) is 11.8 Å². The maximum absolute atomic E-state index is 12.5. The predicted molar refractivity (Wildman–Crippen MR) is 97.6 cm³/mol. The van der Waals surface area contributed by atoms with Crippen LogP contribution >= 0.6 is 11.8 Å². The molecule has 23 heavy (non-hydrogen) atoms. The molecule has 1 unspecified atom stereocenters. The normalized spacial score (nSPS) is 16.2. The van der Waals surface area contributed by atoms with Crippen LogP contribution in [-0.2, 0) is 17.0 Å². The van der Waals surface area contributed by atoms with Crippen LogP contribution in [0.4, 0.5) is 0 Å². The summed E-state index contributed by atoms with van der Waals surface area (Å²) < 4.78 is 0. The van der Waals surface area contributed by atoms with Crippen LogP contribution in [0.25, 0.3) is 0 Å². The monoisotopic (exact) mass is 325 g/mol. The van der Waals surface area contributed by atoms with Crippen LogP contribution in [0.3, 0.4) is 0 Å². The first-order chi connectivity index (χ1) is 11.1. The Morgan fingerprint density at radius 1 is 1.17 bits per heavy atom. The highest BCUT2D eigenvalue weighted by Gasteiger charge is 2.27. The van der Waals surface area contributed by atoms with Crippen LogP contribution in [0.15, 0.2) is 48.5 Å². The first-order valence-corrected chi connectivity index (χ1v) is 9.27. The van der Waals surface area contributed by atoms with Gasteiger partial charge in [0.2, 0.25) is 5.91 Å². The standard InChI is InChI=1S/C20H23NOS/c1-15-7-9-16(10-8-15)13-23-14-20(22)21(2)19-12-11-17-5-3-4-6-18(17)19/h3-10,19H,11-14H2,1-2H3. The summed E-state index contributed by atoms with van der Waals surface area (Å²) in [4.78, 5) is 14.4. The second-order valence-corrected chi connectivity index (χ2v) is 7.22. The minimum absolute atomic E-state index is 0.226. The quantitative estimate of drug-likeness (QED) is 0.813. The van der Waals surface area contributed by atoms with Gasteiger partial charge in [0.15, 0.2) is 0 Å². The first-order valence-electron chi connectivity index (χ1n) is 8.12. The van der Waals surface area contributed by atoms with E-state index in [0.717, 1.165) is 18.6 Å². The smallest absolute Gasteiger partial charge is 0.232 e. The summed E-state index contributed by atoms with van der Waals surface area (Å²) in [7, 11) is 1.95. The Bertz CT molecular complexity index is 680. The van der Waals surface area contributed by atoms with Gasteiger partial charge in [0.05, 0.1) is 11.8 Å². The molecule has 0 bridgehead atoms. The molecule has 0 heterocycles. The van der Waals surface area contributed by atoms with E-state index >= 15 is 0 Å². The highest BCUT2D eigenvalue weighted by molar-refractivity contribution is 7.99. The van der Waals surface area contributed by atoms with Gasteiger partial charge in [-0.1, -0.05) is 54.1 Å². The molecule has 1 amide bonds. The highest BCUT2D eigenvalue weighted by atomic mass is 32.2. The summed E-state index contributed by atoms with van der Waals surface area (Å²) in [6.07, 6.45) is 2.12. The van der Waals surface area contributed by atoms with Crippen molar-refractivity contribution in [3.63, 3.8) is 0 Å². The Kier molecular flexibility index (Phi) is 5.06. The van der Waals surface area contributed by atoms with Crippen molar-refractivity contribution in [3.05, 3.63) is 70.8 Å². The molecule has 0 radical (unpaired) electrons. The Morgan fingerprint density at radius 3 is 2.70 bits per heavy atom. The number of nitrogens with zero attached hydrogens (tertiary/aromatic N) is 1. The molecule has 0 fully saturated rings. The number of hydrogen-bond donors (Lipinski definition) is 0. The number of amides is 1. The molecule has 120 valence electrons. The summed E-state index contributed by atoms with van der Waals surface area (Å²) >= 11 is 1.70. The third-order valence-electron chi connectivity index (χ3n) is 4.58. The van der Waals surface area contributed by atoms with Crippen molar-refractivity contribution in [2.24, 2.45) is 0 Å². The predicted octanol–water partition coefficient (Wildman–Crippen LogP) is 4.37. The van der Waals surface area contributed by atoms with Crippen LogP contribution in [0.5, 0.6) is 0 Å². The number of carbonyl (C=O) groups is 1. The molecule has 0 saturated heterocycles. The number of benzene rings is 2. The van der Waals surface area contributed by atoms with E-state index in [4.69, 9.17) is 0 Å². The third kappa shape index (κ3) is 3.78. The van der Waals surface area contributed by atoms with Crippen LogP contribution < -0.4 is 0 Å². The number of carbonyl (C=O) groups excluding carboxylic acids is 1. The lowest BCUT2D eigenvalue weighted by atomic mass is 10.1. The minimum Gasteiger partial charge on any atom is -0.338 e. The van der Waals surface area contributed by atoms with Gasteiger partial charge < -0.3 is 4.90 Å². The second-order valence-electron chi connectivity index (χ2n) is 6.24. The van der Waals surface area contributed by atoms with Crippen LogP contribution in [0.1, 0.15) is 34.7 Å². The summed E-state index contributed by atoms with van der Waals surface area (Å²) in [6, 6.07) is 17.3. The zero-order valence-corrected chi connectivity index (χ0v) is 14.6. The number of aryl methyl sites for hydroxylation is 2. The molecule has 3 rings (SSSR count). The van der Waals surface area contributed by atoms with Crippen molar-refractivity contribution >= 4 is 17.7 Å². The Labute approximate surface area is 142 Å². The largest absolute Gasteiger partial charge is 0.338 e. The van der Waals surface area contributed by atoms with E-state index in [-0.39, 0.29) is 11.9 Å². The molecule has 1 aliphatic rings. The molecule has 0 saturated carbocycles. The van der Waals surface area contributed by atoms with Gasteiger partial charge in [-0.25, -0.2) is 0 Å². The van der Waals surface area contributed by atoms with E-state index < -0.39 is 0 Å². The fraction of sp³-hybridized carbons (Fsp3) is 0.350. The van der Waals surface area contributed by atoms with Crippen LogP contribution in [-0.4, -0.2) is 23.6 Å². The van der Waals surface area contributed by atoms with Crippen molar-refractivity contribution in [1.29, 1.82) is 0 Å². The van der Waals surface area contributed by atoms with Gasteiger partial charge in [0.1, 0.15) is 0 Å². The van der Waals surface area contributed by atoms with Gasteiger partial charge >= 0.3 is 0 Å². The average Bonchev–Trinajstić information content (AvgIpc) is 3.00. The Hall–Kier alpha value is -1.74. The van der Waals surface area contributed by atoms with E-state index in [1.165, 1.54) is 22.3 Å². The van der Waals surface area contributed by atoms with Crippen molar-refractivity contribution in [3.8, 4) is 0 Å². The van der Waals surface area contributed by atoms with E-state index in [9.17, 15) is 4.79 Å². The van der Waals surface area contributed by atoms with Crippen molar-refractivity contribution in [2.75, 3.05) is 12.8 Å². The maximum Gasteiger partial charge on any atom is 0.232 e. The van der Waals surface area contributed by atoms with Crippen molar-refractivity contribution < 1.29 is 4.79 Å². The van der Waals surface area contributed by atoms with E-state index in [0.29, 0.717) is 5.75 Å². The molecular formula is C20H23NOS.